The third-order valence-electron chi connectivity index (χ3n) is 3.69. The number of thiophene rings is 1. The van der Waals surface area contributed by atoms with Crippen LogP contribution in [-0.2, 0) is 12.8 Å². The third kappa shape index (κ3) is 3.27. The van der Waals surface area contributed by atoms with Gasteiger partial charge in [-0.2, -0.15) is 0 Å². The number of hydrogen-bond donors (Lipinski definition) is 1. The lowest BCUT2D eigenvalue weighted by molar-refractivity contribution is 0.103. The number of anilines is 1. The maximum Gasteiger partial charge on any atom is 0.265 e. The van der Waals surface area contributed by atoms with Gasteiger partial charge in [-0.1, -0.05) is 18.0 Å². The van der Waals surface area contributed by atoms with E-state index in [1.54, 1.807) is 17.5 Å². The summed E-state index contributed by atoms with van der Waals surface area (Å²) in [6, 6.07) is 3.88. The predicted octanol–water partition coefficient (Wildman–Crippen LogP) is 4.63. The van der Waals surface area contributed by atoms with Crippen molar-refractivity contribution in [1.82, 2.24) is 4.98 Å². The minimum atomic E-state index is -0.0950. The van der Waals surface area contributed by atoms with Gasteiger partial charge in [-0.05, 0) is 55.9 Å². The van der Waals surface area contributed by atoms with Crippen molar-refractivity contribution in [3.05, 3.63) is 44.4 Å². The topological polar surface area (TPSA) is 42.0 Å². The molecule has 3 rings (SSSR count). The van der Waals surface area contributed by atoms with Crippen LogP contribution in [0.4, 0.5) is 5.69 Å². The molecule has 2 aromatic heterocycles. The number of carbonyl (C=O) groups excluding carboxylic acids is 1. The molecule has 0 saturated carbocycles. The van der Waals surface area contributed by atoms with Crippen molar-refractivity contribution in [2.24, 2.45) is 0 Å². The van der Waals surface area contributed by atoms with Crippen molar-refractivity contribution in [2.75, 3.05) is 5.32 Å². The molecule has 0 saturated heterocycles. The fraction of sp³-hybridized carbons (Fsp3) is 0.375. The first-order chi connectivity index (χ1) is 10.1. The summed E-state index contributed by atoms with van der Waals surface area (Å²) in [6.07, 6.45) is 7.60. The zero-order valence-corrected chi connectivity index (χ0v) is 13.5. The lowest BCUT2D eigenvalue weighted by atomic mass is 10.1. The molecule has 21 heavy (non-hydrogen) atoms. The Kier molecular flexibility index (Phi) is 4.27. The monoisotopic (exact) mass is 320 g/mol. The summed E-state index contributed by atoms with van der Waals surface area (Å²) in [4.78, 5) is 18.6. The molecule has 1 aliphatic rings. The fourth-order valence-corrected chi connectivity index (χ4v) is 3.90. The summed E-state index contributed by atoms with van der Waals surface area (Å²) >= 11 is 7.64. The molecule has 110 valence electrons. The SMILES string of the molecule is Cc1cnc(Cl)c(NC(=O)c2cc3c(s2)CCCCC3)c1. The van der Waals surface area contributed by atoms with Gasteiger partial charge in [0.05, 0.1) is 10.6 Å². The molecule has 1 aliphatic carbocycles. The number of carbonyl (C=O) groups is 1. The highest BCUT2D eigenvalue weighted by molar-refractivity contribution is 7.14. The molecule has 0 fully saturated rings. The smallest absolute Gasteiger partial charge is 0.265 e. The molecule has 0 bridgehead atoms. The summed E-state index contributed by atoms with van der Waals surface area (Å²) in [6.45, 7) is 1.92. The van der Waals surface area contributed by atoms with Gasteiger partial charge >= 0.3 is 0 Å². The van der Waals surface area contributed by atoms with Crippen molar-refractivity contribution < 1.29 is 4.79 Å². The number of halogens is 1. The lowest BCUT2D eigenvalue weighted by Gasteiger charge is -2.06. The fourth-order valence-electron chi connectivity index (χ4n) is 2.60. The van der Waals surface area contributed by atoms with Gasteiger partial charge in [0, 0.05) is 11.1 Å². The molecular formula is C16H17ClN2OS. The number of nitrogens with zero attached hydrogens (tertiary/aromatic N) is 1. The molecule has 5 heteroatoms. The van der Waals surface area contributed by atoms with Crippen LogP contribution in [0, 0.1) is 6.92 Å². The Balaban J connectivity index is 1.81. The normalized spacial score (nSPS) is 14.4. The summed E-state index contributed by atoms with van der Waals surface area (Å²) in [5.41, 5.74) is 2.89. The maximum atomic E-state index is 12.4. The molecule has 0 radical (unpaired) electrons. The van der Waals surface area contributed by atoms with Gasteiger partial charge in [-0.3, -0.25) is 4.79 Å². The predicted molar refractivity (Wildman–Crippen MR) is 87.5 cm³/mol. The van der Waals surface area contributed by atoms with Crippen LogP contribution in [-0.4, -0.2) is 10.9 Å². The van der Waals surface area contributed by atoms with Gasteiger partial charge in [0.25, 0.3) is 5.91 Å². The van der Waals surface area contributed by atoms with Crippen LogP contribution in [0.25, 0.3) is 0 Å². The van der Waals surface area contributed by atoms with E-state index in [-0.39, 0.29) is 5.91 Å². The molecule has 2 heterocycles. The Morgan fingerprint density at radius 3 is 2.95 bits per heavy atom. The summed E-state index contributed by atoms with van der Waals surface area (Å²) in [5, 5.41) is 3.20. The number of pyridine rings is 1. The van der Waals surface area contributed by atoms with E-state index < -0.39 is 0 Å². The quantitative estimate of drug-likeness (QED) is 0.647. The zero-order chi connectivity index (χ0) is 14.8. The number of aryl methyl sites for hydroxylation is 3. The Morgan fingerprint density at radius 2 is 2.10 bits per heavy atom. The highest BCUT2D eigenvalue weighted by atomic mass is 35.5. The molecule has 0 aromatic carbocycles. The first-order valence-electron chi connectivity index (χ1n) is 7.18. The average molecular weight is 321 g/mol. The highest BCUT2D eigenvalue weighted by Crippen LogP contribution is 2.30. The van der Waals surface area contributed by atoms with Crippen molar-refractivity contribution >= 4 is 34.5 Å². The van der Waals surface area contributed by atoms with E-state index in [0.717, 1.165) is 23.3 Å². The molecular weight excluding hydrogens is 304 g/mol. The number of hydrogen-bond acceptors (Lipinski definition) is 3. The molecule has 1 N–H and O–H groups in total. The van der Waals surface area contributed by atoms with Gasteiger partial charge in [-0.15, -0.1) is 11.3 Å². The Labute approximate surface area is 133 Å². The minimum absolute atomic E-state index is 0.0950. The largest absolute Gasteiger partial charge is 0.319 e. The molecule has 1 amide bonds. The summed E-state index contributed by atoms with van der Waals surface area (Å²) < 4.78 is 0. The van der Waals surface area contributed by atoms with Crippen molar-refractivity contribution in [3.8, 4) is 0 Å². The van der Waals surface area contributed by atoms with Gasteiger partial charge < -0.3 is 5.32 Å². The van der Waals surface area contributed by atoms with E-state index in [9.17, 15) is 4.79 Å². The molecule has 0 unspecified atom stereocenters. The first kappa shape index (κ1) is 14.5. The van der Waals surface area contributed by atoms with E-state index in [4.69, 9.17) is 11.6 Å². The van der Waals surface area contributed by atoms with Gasteiger partial charge in [0.1, 0.15) is 0 Å². The van der Waals surface area contributed by atoms with E-state index in [2.05, 4.69) is 10.3 Å². The number of rotatable bonds is 2. The first-order valence-corrected chi connectivity index (χ1v) is 8.38. The molecule has 0 spiro atoms. The number of nitrogens with one attached hydrogen (secondary N) is 1. The summed E-state index contributed by atoms with van der Waals surface area (Å²) in [5.74, 6) is -0.0950. The van der Waals surface area contributed by atoms with E-state index in [0.29, 0.717) is 10.8 Å². The Bertz CT molecular complexity index is 657. The third-order valence-corrected chi connectivity index (χ3v) is 5.23. The Morgan fingerprint density at radius 1 is 1.29 bits per heavy atom. The van der Waals surface area contributed by atoms with Crippen LogP contribution in [0.15, 0.2) is 18.3 Å². The van der Waals surface area contributed by atoms with Gasteiger partial charge in [0.2, 0.25) is 0 Å². The maximum absolute atomic E-state index is 12.4. The second-order valence-electron chi connectivity index (χ2n) is 5.42. The standard InChI is InChI=1S/C16H17ClN2OS/c1-10-7-12(15(17)18-9-10)19-16(20)14-8-11-5-3-2-4-6-13(11)21-14/h7-9H,2-6H2,1H3,(H,19,20). The van der Waals surface area contributed by atoms with Crippen LogP contribution in [0.1, 0.15) is 44.9 Å². The molecule has 3 nitrogen and oxygen atoms in total. The second kappa shape index (κ2) is 6.16. The van der Waals surface area contributed by atoms with E-state index in [1.807, 2.05) is 19.1 Å². The summed E-state index contributed by atoms with van der Waals surface area (Å²) in [7, 11) is 0. The van der Waals surface area contributed by atoms with Crippen LogP contribution in [0.3, 0.4) is 0 Å². The number of fused-ring (bicyclic) bond motifs is 1. The van der Waals surface area contributed by atoms with Crippen molar-refractivity contribution in [1.29, 1.82) is 0 Å². The van der Waals surface area contributed by atoms with Crippen molar-refractivity contribution in [2.45, 2.75) is 39.0 Å². The van der Waals surface area contributed by atoms with Crippen LogP contribution >= 0.6 is 22.9 Å². The molecule has 0 aliphatic heterocycles. The molecule has 0 atom stereocenters. The van der Waals surface area contributed by atoms with Gasteiger partial charge in [0.15, 0.2) is 5.15 Å². The Hall–Kier alpha value is -1.39. The minimum Gasteiger partial charge on any atom is -0.319 e. The highest BCUT2D eigenvalue weighted by Gasteiger charge is 2.17. The number of aromatic nitrogens is 1. The molecule has 2 aromatic rings. The van der Waals surface area contributed by atoms with Crippen molar-refractivity contribution in [3.63, 3.8) is 0 Å². The van der Waals surface area contributed by atoms with Crippen LogP contribution in [0.2, 0.25) is 5.15 Å². The average Bonchev–Trinajstić information content (AvgIpc) is 2.74. The van der Waals surface area contributed by atoms with E-state index in [1.165, 1.54) is 29.7 Å². The van der Waals surface area contributed by atoms with E-state index >= 15 is 0 Å². The zero-order valence-electron chi connectivity index (χ0n) is 11.9. The lowest BCUT2D eigenvalue weighted by Crippen LogP contribution is -2.11. The van der Waals surface area contributed by atoms with Gasteiger partial charge in [-0.25, -0.2) is 4.98 Å². The van der Waals surface area contributed by atoms with Crippen LogP contribution < -0.4 is 5.32 Å². The van der Waals surface area contributed by atoms with Crippen LogP contribution in [0.5, 0.6) is 0 Å². The second-order valence-corrected chi connectivity index (χ2v) is 6.92. The number of amides is 1.